The van der Waals surface area contributed by atoms with E-state index >= 15 is 0 Å². The fourth-order valence-electron chi connectivity index (χ4n) is 2.02. The van der Waals surface area contributed by atoms with Crippen molar-refractivity contribution in [3.63, 3.8) is 0 Å². The molecule has 5 heteroatoms. The van der Waals surface area contributed by atoms with Crippen LogP contribution < -0.4 is 10.5 Å². The van der Waals surface area contributed by atoms with Gasteiger partial charge in [0.1, 0.15) is 5.75 Å². The standard InChI is InChI=1S/C15H15N3OS/c1-19-11-6-7-12-13(8-11)18-15(17-12)20-14-5-3-2-4-10(14)9-16/h2-8H,9,16H2,1H3,(H,17,18). The Morgan fingerprint density at radius 3 is 2.90 bits per heavy atom. The second-order valence-electron chi connectivity index (χ2n) is 4.34. The summed E-state index contributed by atoms with van der Waals surface area (Å²) in [5.74, 6) is 0.819. The lowest BCUT2D eigenvalue weighted by Crippen LogP contribution is -1.97. The Labute approximate surface area is 121 Å². The molecule has 1 aromatic heterocycles. The molecule has 1 heterocycles. The zero-order chi connectivity index (χ0) is 13.9. The summed E-state index contributed by atoms with van der Waals surface area (Å²) in [7, 11) is 1.66. The summed E-state index contributed by atoms with van der Waals surface area (Å²) in [5, 5.41) is 0.856. The van der Waals surface area contributed by atoms with Crippen LogP contribution >= 0.6 is 11.8 Å². The molecule has 0 saturated carbocycles. The maximum atomic E-state index is 5.76. The molecule has 3 rings (SSSR count). The molecule has 0 bridgehead atoms. The summed E-state index contributed by atoms with van der Waals surface area (Å²) in [5.41, 5.74) is 8.78. The molecule has 0 aliphatic rings. The smallest absolute Gasteiger partial charge is 0.171 e. The SMILES string of the molecule is COc1ccc2nc(Sc3ccccc3CN)[nH]c2c1. The van der Waals surface area contributed by atoms with Crippen molar-refractivity contribution in [1.82, 2.24) is 9.97 Å². The van der Waals surface area contributed by atoms with E-state index in [1.54, 1.807) is 18.9 Å². The number of nitrogens with one attached hydrogen (secondary N) is 1. The second-order valence-corrected chi connectivity index (χ2v) is 5.37. The van der Waals surface area contributed by atoms with Gasteiger partial charge >= 0.3 is 0 Å². The lowest BCUT2D eigenvalue weighted by atomic mass is 10.2. The molecule has 0 fully saturated rings. The molecule has 2 aromatic carbocycles. The molecule has 0 saturated heterocycles. The molecule has 20 heavy (non-hydrogen) atoms. The van der Waals surface area contributed by atoms with Crippen LogP contribution in [0.25, 0.3) is 11.0 Å². The van der Waals surface area contributed by atoms with Gasteiger partial charge in [-0.3, -0.25) is 0 Å². The minimum absolute atomic E-state index is 0.525. The summed E-state index contributed by atoms with van der Waals surface area (Å²) >= 11 is 1.59. The molecule has 0 unspecified atom stereocenters. The van der Waals surface area contributed by atoms with E-state index in [4.69, 9.17) is 10.5 Å². The van der Waals surface area contributed by atoms with Gasteiger partial charge in [-0.15, -0.1) is 0 Å². The first-order valence-corrected chi connectivity index (χ1v) is 7.11. The number of H-pyrrole nitrogens is 1. The van der Waals surface area contributed by atoms with Crippen LogP contribution in [0.5, 0.6) is 5.75 Å². The molecule has 0 atom stereocenters. The molecule has 0 amide bonds. The highest BCUT2D eigenvalue weighted by molar-refractivity contribution is 7.99. The average Bonchev–Trinajstić information content (AvgIpc) is 2.89. The van der Waals surface area contributed by atoms with Crippen LogP contribution in [0.3, 0.4) is 0 Å². The Kier molecular flexibility index (Phi) is 3.62. The number of benzene rings is 2. The van der Waals surface area contributed by atoms with Gasteiger partial charge in [0.2, 0.25) is 0 Å². The fourth-order valence-corrected chi connectivity index (χ4v) is 2.96. The van der Waals surface area contributed by atoms with Crippen LogP contribution in [-0.4, -0.2) is 17.1 Å². The monoisotopic (exact) mass is 285 g/mol. The van der Waals surface area contributed by atoms with Gasteiger partial charge < -0.3 is 15.5 Å². The maximum absolute atomic E-state index is 5.76. The van der Waals surface area contributed by atoms with Gasteiger partial charge in [-0.1, -0.05) is 30.0 Å². The number of aromatic nitrogens is 2. The Morgan fingerprint density at radius 1 is 1.25 bits per heavy atom. The van der Waals surface area contributed by atoms with Crippen molar-refractivity contribution in [2.45, 2.75) is 16.6 Å². The highest BCUT2D eigenvalue weighted by atomic mass is 32.2. The fraction of sp³-hybridized carbons (Fsp3) is 0.133. The number of fused-ring (bicyclic) bond motifs is 1. The summed E-state index contributed by atoms with van der Waals surface area (Å²) < 4.78 is 5.22. The topological polar surface area (TPSA) is 63.9 Å². The van der Waals surface area contributed by atoms with Crippen molar-refractivity contribution >= 4 is 22.8 Å². The van der Waals surface area contributed by atoms with Crippen LogP contribution in [0.2, 0.25) is 0 Å². The third kappa shape index (κ3) is 2.50. The molecule has 102 valence electrons. The molecular formula is C15H15N3OS. The first kappa shape index (κ1) is 13.0. The summed E-state index contributed by atoms with van der Waals surface area (Å²) in [6.07, 6.45) is 0. The number of imidazole rings is 1. The lowest BCUT2D eigenvalue weighted by molar-refractivity contribution is 0.415. The first-order valence-electron chi connectivity index (χ1n) is 6.30. The number of nitrogens with zero attached hydrogens (tertiary/aromatic N) is 1. The van der Waals surface area contributed by atoms with Crippen molar-refractivity contribution in [1.29, 1.82) is 0 Å². The molecule has 4 nitrogen and oxygen atoms in total. The van der Waals surface area contributed by atoms with E-state index in [0.717, 1.165) is 32.4 Å². The van der Waals surface area contributed by atoms with Crippen LogP contribution in [-0.2, 0) is 6.54 Å². The molecule has 0 spiro atoms. The van der Waals surface area contributed by atoms with Crippen molar-refractivity contribution in [3.8, 4) is 5.75 Å². The van der Waals surface area contributed by atoms with Gasteiger partial charge in [-0.2, -0.15) is 0 Å². The van der Waals surface area contributed by atoms with Crippen molar-refractivity contribution in [2.75, 3.05) is 7.11 Å². The van der Waals surface area contributed by atoms with E-state index in [-0.39, 0.29) is 0 Å². The van der Waals surface area contributed by atoms with Crippen molar-refractivity contribution in [3.05, 3.63) is 48.0 Å². The molecule has 0 aliphatic heterocycles. The van der Waals surface area contributed by atoms with Crippen LogP contribution in [0.15, 0.2) is 52.5 Å². The number of ether oxygens (including phenoxy) is 1. The number of rotatable bonds is 4. The number of methoxy groups -OCH3 is 1. The van der Waals surface area contributed by atoms with Crippen LogP contribution in [0.4, 0.5) is 0 Å². The zero-order valence-electron chi connectivity index (χ0n) is 11.1. The number of hydrogen-bond donors (Lipinski definition) is 2. The highest BCUT2D eigenvalue weighted by Gasteiger charge is 2.08. The third-order valence-electron chi connectivity index (χ3n) is 3.07. The lowest BCUT2D eigenvalue weighted by Gasteiger charge is -2.04. The number of nitrogens with two attached hydrogens (primary N) is 1. The summed E-state index contributed by atoms with van der Waals surface area (Å²) in [6.45, 7) is 0.525. The van der Waals surface area contributed by atoms with Gasteiger partial charge in [0.05, 0.1) is 18.1 Å². The van der Waals surface area contributed by atoms with Crippen molar-refractivity contribution < 1.29 is 4.74 Å². The average molecular weight is 285 g/mol. The Hall–Kier alpha value is -1.98. The van der Waals surface area contributed by atoms with Gasteiger partial charge in [0.25, 0.3) is 0 Å². The number of hydrogen-bond acceptors (Lipinski definition) is 4. The summed E-state index contributed by atoms with van der Waals surface area (Å²) in [6, 6.07) is 13.9. The predicted octanol–water partition coefficient (Wildman–Crippen LogP) is 3.18. The molecule has 0 radical (unpaired) electrons. The molecular weight excluding hydrogens is 270 g/mol. The zero-order valence-corrected chi connectivity index (χ0v) is 11.9. The van der Waals surface area contributed by atoms with Gasteiger partial charge in [0, 0.05) is 17.5 Å². The van der Waals surface area contributed by atoms with Gasteiger partial charge in [-0.25, -0.2) is 4.98 Å². The predicted molar refractivity (Wildman–Crippen MR) is 81.1 cm³/mol. The van der Waals surface area contributed by atoms with E-state index in [2.05, 4.69) is 16.0 Å². The largest absolute Gasteiger partial charge is 0.497 e. The minimum Gasteiger partial charge on any atom is -0.497 e. The van der Waals surface area contributed by atoms with E-state index < -0.39 is 0 Å². The normalized spacial score (nSPS) is 10.9. The Bertz CT molecular complexity index is 739. The second kappa shape index (κ2) is 5.56. The van der Waals surface area contributed by atoms with Gasteiger partial charge in [-0.05, 0) is 23.8 Å². The van der Waals surface area contributed by atoms with Crippen LogP contribution in [0.1, 0.15) is 5.56 Å². The summed E-state index contributed by atoms with van der Waals surface area (Å²) in [4.78, 5) is 9.00. The van der Waals surface area contributed by atoms with Gasteiger partial charge in [0.15, 0.2) is 5.16 Å². The first-order chi connectivity index (χ1) is 9.80. The quantitative estimate of drug-likeness (QED) is 0.772. The van der Waals surface area contributed by atoms with E-state index in [9.17, 15) is 0 Å². The van der Waals surface area contributed by atoms with Crippen molar-refractivity contribution in [2.24, 2.45) is 5.73 Å². The maximum Gasteiger partial charge on any atom is 0.171 e. The van der Waals surface area contributed by atoms with Crippen LogP contribution in [0, 0.1) is 0 Å². The molecule has 3 aromatic rings. The Morgan fingerprint density at radius 2 is 2.10 bits per heavy atom. The molecule has 3 N–H and O–H groups in total. The van der Waals surface area contributed by atoms with E-state index in [1.165, 1.54) is 0 Å². The highest BCUT2D eigenvalue weighted by Crippen LogP contribution is 2.30. The van der Waals surface area contributed by atoms with E-state index in [0.29, 0.717) is 6.54 Å². The number of aromatic amines is 1. The third-order valence-corrected chi connectivity index (χ3v) is 4.07. The van der Waals surface area contributed by atoms with E-state index in [1.807, 2.05) is 36.4 Å². The Balaban J connectivity index is 1.94. The molecule has 0 aliphatic carbocycles. The minimum atomic E-state index is 0.525.